The van der Waals surface area contributed by atoms with Crippen LogP contribution >= 0.6 is 0 Å². The molecule has 0 saturated heterocycles. The third kappa shape index (κ3) is 6.92. The van der Waals surface area contributed by atoms with Crippen molar-refractivity contribution in [2.45, 2.75) is 12.8 Å². The van der Waals surface area contributed by atoms with Gasteiger partial charge in [-0.25, -0.2) is 9.97 Å². The van der Waals surface area contributed by atoms with Crippen molar-refractivity contribution in [2.75, 3.05) is 6.54 Å². The summed E-state index contributed by atoms with van der Waals surface area (Å²) in [5.41, 5.74) is 3.68. The van der Waals surface area contributed by atoms with Crippen LogP contribution in [-0.2, 0) is 32.6 Å². The van der Waals surface area contributed by atoms with E-state index in [1.165, 1.54) is 6.33 Å². The van der Waals surface area contributed by atoms with Crippen LogP contribution in [-0.4, -0.2) is 22.7 Å². The summed E-state index contributed by atoms with van der Waals surface area (Å²) in [7, 11) is 0. The van der Waals surface area contributed by atoms with E-state index >= 15 is 0 Å². The number of nitrogens with one attached hydrogen (secondary N) is 1. The average Bonchev–Trinajstić information content (AvgIpc) is 2.25. The van der Waals surface area contributed by atoms with Crippen molar-refractivity contribution in [1.82, 2.24) is 15.4 Å². The predicted octanol–water partition coefficient (Wildman–Crippen LogP) is 0.506. The fourth-order valence-corrected chi connectivity index (χ4v) is 0.819. The van der Waals surface area contributed by atoms with Gasteiger partial charge in [-0.15, -0.1) is 0 Å². The Morgan fingerprint density at radius 3 is 3.13 bits per heavy atom. The van der Waals surface area contributed by atoms with Gasteiger partial charge >= 0.3 is 26.2 Å². The van der Waals surface area contributed by atoms with Crippen LogP contribution < -0.4 is 5.43 Å². The number of rotatable bonds is 5. The zero-order chi connectivity index (χ0) is 10.1. The molecule has 0 unspecified atom stereocenters. The molecule has 0 atom stereocenters. The normalized spacial score (nSPS) is 9.27. The largest absolute Gasteiger partial charge is 4.00 e. The molecule has 1 aromatic heterocycles. The summed E-state index contributed by atoms with van der Waals surface area (Å²) in [5, 5.41) is 12.2. The summed E-state index contributed by atoms with van der Waals surface area (Å²) >= 11 is 0. The van der Waals surface area contributed by atoms with Crippen molar-refractivity contribution in [3.05, 3.63) is 24.3 Å². The van der Waals surface area contributed by atoms with E-state index in [1.54, 1.807) is 12.4 Å². The zero-order valence-corrected chi connectivity index (χ0v) is 10.7. The maximum atomic E-state index is 8.24. The first-order chi connectivity index (χ1) is 6.93. The van der Waals surface area contributed by atoms with Gasteiger partial charge in [-0.3, -0.25) is 0 Å². The van der Waals surface area contributed by atoms with Gasteiger partial charge in [0.1, 0.15) is 6.33 Å². The summed E-state index contributed by atoms with van der Waals surface area (Å²) in [6, 6.07) is 3.85. The Kier molecular flexibility index (Phi) is 8.80. The molecule has 0 aromatic carbocycles. The topological polar surface area (TPSA) is 74.0 Å². The molecule has 1 heterocycles. The van der Waals surface area contributed by atoms with E-state index in [-0.39, 0.29) is 26.2 Å². The van der Waals surface area contributed by atoms with E-state index in [0.717, 1.165) is 5.69 Å². The van der Waals surface area contributed by atoms with Gasteiger partial charge in [0.15, 0.2) is 0 Å². The van der Waals surface area contributed by atoms with Gasteiger partial charge in [0.05, 0.1) is 12.5 Å². The van der Waals surface area contributed by atoms with Crippen molar-refractivity contribution in [3.63, 3.8) is 0 Å². The Labute approximate surface area is 108 Å². The van der Waals surface area contributed by atoms with Gasteiger partial charge in [0.25, 0.3) is 0 Å². The van der Waals surface area contributed by atoms with Crippen LogP contribution in [0.4, 0.5) is 0 Å². The second-order valence-electron chi connectivity index (χ2n) is 2.53. The minimum absolute atomic E-state index is 0. The first kappa shape index (κ1) is 13.9. The fraction of sp³-hybridized carbons (Fsp3) is 0.333. The van der Waals surface area contributed by atoms with Crippen molar-refractivity contribution < 1.29 is 26.2 Å². The molecule has 0 radical (unpaired) electrons. The van der Waals surface area contributed by atoms with Crippen LogP contribution in [0, 0.1) is 11.3 Å². The third-order valence-electron chi connectivity index (χ3n) is 1.47. The molecule has 0 aliphatic carbocycles. The molecule has 0 aliphatic heterocycles. The fourth-order valence-electron chi connectivity index (χ4n) is 0.819. The number of hydrogen-bond acceptors (Lipinski definition) is 5. The van der Waals surface area contributed by atoms with Gasteiger partial charge < -0.3 is 5.43 Å². The quantitative estimate of drug-likeness (QED) is 0.484. The molecule has 72 valence electrons. The van der Waals surface area contributed by atoms with Gasteiger partial charge in [0.2, 0.25) is 0 Å². The molecule has 1 aromatic rings. The molecule has 1 rings (SSSR count). The standard InChI is InChI=1S/C9H11N5.Zr/c10-4-1-5-13-14-7-3-9-2-6-11-8-12-9;/h2,6-8,13H,1,3,5H2;/q;+4. The second-order valence-corrected chi connectivity index (χ2v) is 2.53. The van der Waals surface area contributed by atoms with Gasteiger partial charge in [-0.05, 0) is 6.07 Å². The minimum Gasteiger partial charge on any atom is -0.309 e. The SMILES string of the molecule is N#CCCNN=CCc1ccncn1.[Zr+4]. The molecule has 0 spiro atoms. The number of hydrazone groups is 1. The van der Waals surface area contributed by atoms with Crippen molar-refractivity contribution in [1.29, 1.82) is 5.26 Å². The molecule has 0 aliphatic rings. The Morgan fingerprint density at radius 2 is 2.47 bits per heavy atom. The van der Waals surface area contributed by atoms with Crippen LogP contribution in [0.3, 0.4) is 0 Å². The van der Waals surface area contributed by atoms with Gasteiger partial charge in [-0.2, -0.15) is 10.4 Å². The van der Waals surface area contributed by atoms with Gasteiger partial charge in [-0.1, -0.05) is 0 Å². The van der Waals surface area contributed by atoms with E-state index < -0.39 is 0 Å². The Morgan fingerprint density at radius 1 is 1.60 bits per heavy atom. The van der Waals surface area contributed by atoms with Crippen LogP contribution in [0.5, 0.6) is 0 Å². The van der Waals surface area contributed by atoms with Crippen molar-refractivity contribution >= 4 is 6.21 Å². The Hall–Kier alpha value is -1.08. The number of aromatic nitrogens is 2. The summed E-state index contributed by atoms with van der Waals surface area (Å²) < 4.78 is 0. The van der Waals surface area contributed by atoms with Crippen LogP contribution in [0.2, 0.25) is 0 Å². The molecule has 0 bridgehead atoms. The molecule has 15 heavy (non-hydrogen) atoms. The maximum absolute atomic E-state index is 8.24. The minimum atomic E-state index is 0. The Bertz CT molecular complexity index is 319. The zero-order valence-electron chi connectivity index (χ0n) is 8.22. The second kappa shape index (κ2) is 9.48. The van der Waals surface area contributed by atoms with Crippen LogP contribution in [0.1, 0.15) is 12.1 Å². The number of hydrogen-bond donors (Lipinski definition) is 1. The van der Waals surface area contributed by atoms with E-state index in [1.807, 2.05) is 12.1 Å². The average molecular weight is 280 g/mol. The first-order valence-corrected chi connectivity index (χ1v) is 4.29. The summed E-state index contributed by atoms with van der Waals surface area (Å²) in [6.07, 6.45) is 6.05. The van der Waals surface area contributed by atoms with Gasteiger partial charge in [0, 0.05) is 31.1 Å². The van der Waals surface area contributed by atoms with E-state index in [4.69, 9.17) is 5.26 Å². The summed E-state index contributed by atoms with van der Waals surface area (Å²) in [6.45, 7) is 0.580. The monoisotopic (exact) mass is 279 g/mol. The molecule has 0 amide bonds. The first-order valence-electron chi connectivity index (χ1n) is 4.29. The van der Waals surface area contributed by atoms with Crippen LogP contribution in [0.15, 0.2) is 23.7 Å². The third-order valence-corrected chi connectivity index (χ3v) is 1.47. The predicted molar refractivity (Wildman–Crippen MR) is 52.5 cm³/mol. The van der Waals surface area contributed by atoms with Crippen LogP contribution in [0.25, 0.3) is 0 Å². The van der Waals surface area contributed by atoms with Crippen molar-refractivity contribution in [3.8, 4) is 6.07 Å². The maximum Gasteiger partial charge on any atom is 4.00 e. The summed E-state index contributed by atoms with van der Waals surface area (Å²) in [4.78, 5) is 7.84. The summed E-state index contributed by atoms with van der Waals surface area (Å²) in [5.74, 6) is 0. The molecule has 0 saturated carbocycles. The molecular weight excluding hydrogens is 269 g/mol. The Balaban J connectivity index is 0.00000196. The number of nitriles is 1. The van der Waals surface area contributed by atoms with E-state index in [9.17, 15) is 0 Å². The van der Waals surface area contributed by atoms with Crippen molar-refractivity contribution in [2.24, 2.45) is 5.10 Å². The molecule has 0 fully saturated rings. The molecule has 1 N–H and O–H groups in total. The molecular formula is C9H11N5Zr+4. The molecule has 6 heteroatoms. The van der Waals surface area contributed by atoms with E-state index in [2.05, 4.69) is 20.5 Å². The van der Waals surface area contributed by atoms with E-state index in [0.29, 0.717) is 19.4 Å². The smallest absolute Gasteiger partial charge is 0.309 e. The molecule has 5 nitrogen and oxygen atoms in total. The number of nitrogens with zero attached hydrogens (tertiary/aromatic N) is 4.